The monoisotopic (exact) mass is 368 g/mol. The molecule has 0 amide bonds. The molecule has 8 heteroatoms. The van der Waals surface area contributed by atoms with Crippen LogP contribution in [-0.4, -0.2) is 31.3 Å². The molecular formula is C19H20N4O4. The van der Waals surface area contributed by atoms with Gasteiger partial charge in [0.1, 0.15) is 24.2 Å². The maximum Gasteiger partial charge on any atom is 0.205 e. The van der Waals surface area contributed by atoms with E-state index in [1.165, 1.54) is 6.33 Å². The predicted molar refractivity (Wildman–Crippen MR) is 102 cm³/mol. The van der Waals surface area contributed by atoms with Gasteiger partial charge >= 0.3 is 0 Å². The fourth-order valence-corrected chi connectivity index (χ4v) is 2.90. The summed E-state index contributed by atoms with van der Waals surface area (Å²) in [5.41, 5.74) is 2.49. The molecule has 1 aromatic heterocycles. The number of nitrogens with zero attached hydrogens (tertiary/aromatic N) is 3. The topological polar surface area (TPSA) is 94.9 Å². The quantitative estimate of drug-likeness (QED) is 0.608. The molecule has 0 aliphatic carbocycles. The summed E-state index contributed by atoms with van der Waals surface area (Å²) in [6, 6.07) is 9.47. The number of ether oxygens (including phenoxy) is 3. The van der Waals surface area contributed by atoms with Crippen LogP contribution in [0.1, 0.15) is 11.1 Å². The predicted octanol–water partition coefficient (Wildman–Crippen LogP) is 3.53. The Morgan fingerprint density at radius 2 is 1.78 bits per heavy atom. The normalized spacial score (nSPS) is 10.5. The van der Waals surface area contributed by atoms with Crippen molar-refractivity contribution in [3.05, 3.63) is 52.7 Å². The molecule has 2 aromatic carbocycles. The number of methoxy groups -OCH3 is 3. The minimum absolute atomic E-state index is 0.151. The van der Waals surface area contributed by atoms with Gasteiger partial charge in [-0.2, -0.15) is 4.91 Å². The van der Waals surface area contributed by atoms with Gasteiger partial charge in [-0.15, -0.1) is 0 Å². The Hall–Kier alpha value is -3.42. The van der Waals surface area contributed by atoms with Crippen LogP contribution in [0.2, 0.25) is 0 Å². The number of fused-ring (bicyclic) bond motifs is 1. The molecule has 8 nitrogen and oxygen atoms in total. The fraction of sp³-hybridized carbons (Fsp3) is 0.263. The molecule has 0 aliphatic heterocycles. The molecule has 0 saturated carbocycles. The fourth-order valence-electron chi connectivity index (χ4n) is 2.90. The SMILES string of the molecule is COc1cc2c(NCc3cccc(CN=O)c3)ncnc2c(OC)c1OC. The van der Waals surface area contributed by atoms with Crippen LogP contribution in [0.3, 0.4) is 0 Å². The van der Waals surface area contributed by atoms with Crippen LogP contribution in [0.5, 0.6) is 17.2 Å². The van der Waals surface area contributed by atoms with Crippen molar-refractivity contribution < 1.29 is 14.2 Å². The van der Waals surface area contributed by atoms with Gasteiger partial charge < -0.3 is 19.5 Å². The lowest BCUT2D eigenvalue weighted by atomic mass is 10.1. The Morgan fingerprint density at radius 1 is 1.00 bits per heavy atom. The van der Waals surface area contributed by atoms with Gasteiger partial charge in [0.15, 0.2) is 11.5 Å². The molecule has 0 aliphatic rings. The van der Waals surface area contributed by atoms with E-state index >= 15 is 0 Å². The average Bonchev–Trinajstić information content (AvgIpc) is 2.71. The lowest BCUT2D eigenvalue weighted by molar-refractivity contribution is 0.327. The van der Waals surface area contributed by atoms with Gasteiger partial charge in [-0.3, -0.25) is 0 Å². The van der Waals surface area contributed by atoms with E-state index in [0.717, 1.165) is 16.5 Å². The van der Waals surface area contributed by atoms with E-state index in [4.69, 9.17) is 14.2 Å². The van der Waals surface area contributed by atoms with E-state index in [1.54, 1.807) is 21.3 Å². The zero-order chi connectivity index (χ0) is 19.2. The van der Waals surface area contributed by atoms with Crippen LogP contribution in [0.15, 0.2) is 41.8 Å². The average molecular weight is 368 g/mol. The number of hydrogen-bond acceptors (Lipinski definition) is 8. The summed E-state index contributed by atoms with van der Waals surface area (Å²) < 4.78 is 16.3. The maximum absolute atomic E-state index is 10.5. The Morgan fingerprint density at radius 3 is 2.48 bits per heavy atom. The number of nitroso groups, excluding NO2 is 1. The molecule has 0 spiro atoms. The molecule has 0 fully saturated rings. The maximum atomic E-state index is 10.5. The second kappa shape index (κ2) is 8.31. The van der Waals surface area contributed by atoms with E-state index in [1.807, 2.05) is 30.3 Å². The number of benzene rings is 2. The molecule has 27 heavy (non-hydrogen) atoms. The van der Waals surface area contributed by atoms with Crippen LogP contribution < -0.4 is 19.5 Å². The van der Waals surface area contributed by atoms with Crippen molar-refractivity contribution >= 4 is 16.7 Å². The smallest absolute Gasteiger partial charge is 0.205 e. The minimum Gasteiger partial charge on any atom is -0.493 e. The number of aromatic nitrogens is 2. The molecule has 0 saturated heterocycles. The first-order chi connectivity index (χ1) is 13.2. The Bertz CT molecular complexity index is 962. The number of nitrogens with one attached hydrogen (secondary N) is 1. The second-order valence-electron chi connectivity index (χ2n) is 5.72. The van der Waals surface area contributed by atoms with Gasteiger partial charge in [-0.1, -0.05) is 29.4 Å². The lowest BCUT2D eigenvalue weighted by Crippen LogP contribution is -2.04. The highest BCUT2D eigenvalue weighted by Crippen LogP contribution is 2.43. The third-order valence-corrected chi connectivity index (χ3v) is 4.13. The number of rotatable bonds is 8. The lowest BCUT2D eigenvalue weighted by Gasteiger charge is -2.16. The minimum atomic E-state index is 0.151. The molecule has 1 N–H and O–H groups in total. The van der Waals surface area contributed by atoms with Gasteiger partial charge in [0.2, 0.25) is 5.75 Å². The molecule has 0 unspecified atom stereocenters. The largest absolute Gasteiger partial charge is 0.493 e. The van der Waals surface area contributed by atoms with E-state index in [9.17, 15) is 4.91 Å². The summed E-state index contributed by atoms with van der Waals surface area (Å²) in [6.07, 6.45) is 1.46. The zero-order valence-electron chi connectivity index (χ0n) is 15.4. The third-order valence-electron chi connectivity index (χ3n) is 4.13. The van der Waals surface area contributed by atoms with Crippen molar-refractivity contribution in [3.63, 3.8) is 0 Å². The van der Waals surface area contributed by atoms with Crippen LogP contribution in [0.25, 0.3) is 10.9 Å². The molecular weight excluding hydrogens is 348 g/mol. The molecule has 0 radical (unpaired) electrons. The third kappa shape index (κ3) is 3.74. The summed E-state index contributed by atoms with van der Waals surface area (Å²) in [5, 5.41) is 6.98. The van der Waals surface area contributed by atoms with Gasteiger partial charge in [0, 0.05) is 6.54 Å². The van der Waals surface area contributed by atoms with Gasteiger partial charge in [-0.25, -0.2) is 9.97 Å². The van der Waals surface area contributed by atoms with Crippen molar-refractivity contribution in [2.24, 2.45) is 5.18 Å². The highest BCUT2D eigenvalue weighted by Gasteiger charge is 2.19. The standard InChI is InChI=1S/C19H20N4O4/c1-25-15-8-14-16(18(27-3)17(15)26-2)21-11-22-19(14)20-9-12-5-4-6-13(7-12)10-23-24/h4-8,11H,9-10H2,1-3H3,(H,20,21,22). The molecule has 0 atom stereocenters. The van der Waals surface area contributed by atoms with Gasteiger partial charge in [0.05, 0.1) is 26.7 Å². The Labute approximate surface area is 156 Å². The summed E-state index contributed by atoms with van der Waals surface area (Å²) in [7, 11) is 4.67. The highest BCUT2D eigenvalue weighted by atomic mass is 16.5. The number of hydrogen-bond donors (Lipinski definition) is 1. The van der Waals surface area contributed by atoms with Crippen molar-refractivity contribution in [3.8, 4) is 17.2 Å². The van der Waals surface area contributed by atoms with E-state index in [-0.39, 0.29) is 6.54 Å². The summed E-state index contributed by atoms with van der Waals surface area (Å²) in [6.45, 7) is 0.675. The summed E-state index contributed by atoms with van der Waals surface area (Å²) >= 11 is 0. The second-order valence-corrected chi connectivity index (χ2v) is 5.72. The van der Waals surface area contributed by atoms with Crippen molar-refractivity contribution in [2.45, 2.75) is 13.1 Å². The molecule has 140 valence electrons. The molecule has 3 aromatic rings. The van der Waals surface area contributed by atoms with E-state index in [2.05, 4.69) is 20.5 Å². The van der Waals surface area contributed by atoms with Gasteiger partial charge in [0.25, 0.3) is 0 Å². The first-order valence-corrected chi connectivity index (χ1v) is 8.26. The summed E-state index contributed by atoms with van der Waals surface area (Å²) in [5.74, 6) is 2.12. The van der Waals surface area contributed by atoms with Crippen molar-refractivity contribution in [1.29, 1.82) is 0 Å². The summed E-state index contributed by atoms with van der Waals surface area (Å²) in [4.78, 5) is 19.1. The zero-order valence-corrected chi connectivity index (χ0v) is 15.4. The highest BCUT2D eigenvalue weighted by molar-refractivity contribution is 5.96. The Kier molecular flexibility index (Phi) is 5.65. The van der Waals surface area contributed by atoms with Crippen LogP contribution >= 0.6 is 0 Å². The van der Waals surface area contributed by atoms with Crippen LogP contribution in [0.4, 0.5) is 5.82 Å². The first kappa shape index (κ1) is 18.4. The molecule has 0 bridgehead atoms. The van der Waals surface area contributed by atoms with Crippen LogP contribution in [-0.2, 0) is 13.1 Å². The van der Waals surface area contributed by atoms with E-state index in [0.29, 0.717) is 35.1 Å². The molecule has 1 heterocycles. The van der Waals surface area contributed by atoms with E-state index < -0.39 is 0 Å². The first-order valence-electron chi connectivity index (χ1n) is 8.26. The number of anilines is 1. The van der Waals surface area contributed by atoms with Crippen molar-refractivity contribution in [2.75, 3.05) is 26.6 Å². The van der Waals surface area contributed by atoms with Gasteiger partial charge in [-0.05, 0) is 17.2 Å². The Balaban J connectivity index is 1.97. The molecule has 3 rings (SSSR count). The van der Waals surface area contributed by atoms with Crippen LogP contribution in [0, 0.1) is 4.91 Å². The van der Waals surface area contributed by atoms with Crippen molar-refractivity contribution in [1.82, 2.24) is 9.97 Å².